The second-order valence-electron chi connectivity index (χ2n) is 5.56. The van der Waals surface area contributed by atoms with Gasteiger partial charge in [-0.05, 0) is 29.8 Å². The number of nitrogens with one attached hydrogen (secondary N) is 1. The van der Waals surface area contributed by atoms with Gasteiger partial charge >= 0.3 is 0 Å². The van der Waals surface area contributed by atoms with E-state index < -0.39 is 4.92 Å². The number of amides is 1. The standard InChI is InChI=1S/C20H16N2O3S/c23-20(16-8-4-10-18(12-16)22(24)25)21-17-9-5-11-19(13-17)26-14-15-6-2-1-3-7-15/h1-13H,14H2,(H,21,23). The van der Waals surface area contributed by atoms with E-state index in [0.29, 0.717) is 5.69 Å². The maximum Gasteiger partial charge on any atom is 0.270 e. The number of nitro benzene ring substituents is 1. The van der Waals surface area contributed by atoms with Gasteiger partial charge in [-0.25, -0.2) is 0 Å². The molecule has 0 atom stereocenters. The molecule has 3 aromatic rings. The van der Waals surface area contributed by atoms with Crippen LogP contribution in [0, 0.1) is 10.1 Å². The number of non-ortho nitro benzene ring substituents is 1. The maximum absolute atomic E-state index is 12.3. The van der Waals surface area contributed by atoms with E-state index in [1.54, 1.807) is 23.9 Å². The van der Waals surface area contributed by atoms with Gasteiger partial charge in [0, 0.05) is 34.0 Å². The van der Waals surface area contributed by atoms with Crippen molar-refractivity contribution in [2.45, 2.75) is 10.6 Å². The Kier molecular flexibility index (Phi) is 5.66. The minimum absolute atomic E-state index is 0.107. The van der Waals surface area contributed by atoms with Crippen LogP contribution in [0.15, 0.2) is 83.8 Å². The van der Waals surface area contributed by atoms with Crippen molar-refractivity contribution in [1.29, 1.82) is 0 Å². The van der Waals surface area contributed by atoms with Gasteiger partial charge in [-0.1, -0.05) is 42.5 Å². The van der Waals surface area contributed by atoms with Crippen LogP contribution in [0.1, 0.15) is 15.9 Å². The number of nitrogens with zero attached hydrogens (tertiary/aromatic N) is 1. The van der Waals surface area contributed by atoms with Crippen molar-refractivity contribution in [3.63, 3.8) is 0 Å². The van der Waals surface area contributed by atoms with Crippen LogP contribution in [0.3, 0.4) is 0 Å². The zero-order valence-electron chi connectivity index (χ0n) is 13.8. The van der Waals surface area contributed by atoms with Crippen molar-refractivity contribution in [3.05, 3.63) is 100 Å². The van der Waals surface area contributed by atoms with Crippen LogP contribution in [-0.2, 0) is 5.75 Å². The Bertz CT molecular complexity index is 929. The Morgan fingerprint density at radius 1 is 0.962 bits per heavy atom. The van der Waals surface area contributed by atoms with Gasteiger partial charge in [-0.3, -0.25) is 14.9 Å². The summed E-state index contributed by atoms with van der Waals surface area (Å²) in [6, 6.07) is 23.4. The van der Waals surface area contributed by atoms with E-state index in [9.17, 15) is 14.9 Å². The Balaban J connectivity index is 1.67. The number of hydrogen-bond donors (Lipinski definition) is 1. The molecule has 0 saturated heterocycles. The van der Waals surface area contributed by atoms with E-state index in [2.05, 4.69) is 17.4 Å². The lowest BCUT2D eigenvalue weighted by Gasteiger charge is -2.08. The van der Waals surface area contributed by atoms with Crippen LogP contribution in [0.2, 0.25) is 0 Å². The molecule has 3 aromatic carbocycles. The predicted octanol–water partition coefficient (Wildman–Crippen LogP) is 5.14. The molecule has 0 spiro atoms. The molecule has 26 heavy (non-hydrogen) atoms. The maximum atomic E-state index is 12.3. The van der Waals surface area contributed by atoms with Gasteiger partial charge in [0.2, 0.25) is 0 Å². The Labute approximate surface area is 155 Å². The zero-order valence-corrected chi connectivity index (χ0v) is 14.6. The van der Waals surface area contributed by atoms with Gasteiger partial charge < -0.3 is 5.32 Å². The number of carbonyl (C=O) groups excluding carboxylic acids is 1. The molecule has 6 heteroatoms. The highest BCUT2D eigenvalue weighted by Crippen LogP contribution is 2.25. The number of benzene rings is 3. The van der Waals surface area contributed by atoms with Gasteiger partial charge in [0.15, 0.2) is 0 Å². The predicted molar refractivity (Wildman–Crippen MR) is 103 cm³/mol. The molecule has 1 amide bonds. The van der Waals surface area contributed by atoms with Crippen molar-refractivity contribution in [1.82, 2.24) is 0 Å². The summed E-state index contributed by atoms with van der Waals surface area (Å²) in [7, 11) is 0. The lowest BCUT2D eigenvalue weighted by atomic mass is 10.2. The highest BCUT2D eigenvalue weighted by molar-refractivity contribution is 7.98. The zero-order chi connectivity index (χ0) is 18.4. The largest absolute Gasteiger partial charge is 0.322 e. The highest BCUT2D eigenvalue weighted by atomic mass is 32.2. The number of nitro groups is 1. The molecule has 5 nitrogen and oxygen atoms in total. The molecular weight excluding hydrogens is 348 g/mol. The fourth-order valence-corrected chi connectivity index (χ4v) is 3.28. The summed E-state index contributed by atoms with van der Waals surface area (Å²) in [5.74, 6) is 0.460. The Hall–Kier alpha value is -3.12. The summed E-state index contributed by atoms with van der Waals surface area (Å²) in [5, 5.41) is 13.6. The first-order valence-corrected chi connectivity index (χ1v) is 8.93. The minimum Gasteiger partial charge on any atom is -0.322 e. The smallest absolute Gasteiger partial charge is 0.270 e. The number of rotatable bonds is 6. The Morgan fingerprint density at radius 3 is 2.50 bits per heavy atom. The molecule has 0 unspecified atom stereocenters. The van der Waals surface area contributed by atoms with Crippen molar-refractivity contribution < 1.29 is 9.72 Å². The normalized spacial score (nSPS) is 10.3. The molecule has 0 heterocycles. The molecule has 0 bridgehead atoms. The number of anilines is 1. The second kappa shape index (κ2) is 8.31. The first kappa shape index (κ1) is 17.7. The van der Waals surface area contributed by atoms with Gasteiger partial charge in [0.1, 0.15) is 0 Å². The van der Waals surface area contributed by atoms with E-state index in [1.807, 2.05) is 36.4 Å². The third-order valence-electron chi connectivity index (χ3n) is 3.66. The van der Waals surface area contributed by atoms with Gasteiger partial charge in [0.05, 0.1) is 4.92 Å². The molecule has 0 fully saturated rings. The fourth-order valence-electron chi connectivity index (χ4n) is 2.37. The highest BCUT2D eigenvalue weighted by Gasteiger charge is 2.11. The Morgan fingerprint density at radius 2 is 1.73 bits per heavy atom. The van der Waals surface area contributed by atoms with Crippen LogP contribution >= 0.6 is 11.8 Å². The van der Waals surface area contributed by atoms with E-state index >= 15 is 0 Å². The average molecular weight is 364 g/mol. The molecule has 0 radical (unpaired) electrons. The van der Waals surface area contributed by atoms with E-state index in [0.717, 1.165) is 10.6 Å². The third-order valence-corrected chi connectivity index (χ3v) is 4.72. The van der Waals surface area contributed by atoms with E-state index in [4.69, 9.17) is 0 Å². The lowest BCUT2D eigenvalue weighted by Crippen LogP contribution is -2.12. The van der Waals surface area contributed by atoms with Crippen LogP contribution in [0.25, 0.3) is 0 Å². The summed E-state index contributed by atoms with van der Waals surface area (Å²) in [6.45, 7) is 0. The molecule has 3 rings (SSSR count). The molecule has 0 aliphatic rings. The van der Waals surface area contributed by atoms with E-state index in [1.165, 1.54) is 23.8 Å². The summed E-state index contributed by atoms with van der Waals surface area (Å²) >= 11 is 1.68. The van der Waals surface area contributed by atoms with Crippen LogP contribution in [0.5, 0.6) is 0 Å². The van der Waals surface area contributed by atoms with Crippen LogP contribution < -0.4 is 5.32 Å². The topological polar surface area (TPSA) is 72.2 Å². The van der Waals surface area contributed by atoms with Gasteiger partial charge in [-0.2, -0.15) is 0 Å². The van der Waals surface area contributed by atoms with Crippen LogP contribution in [0.4, 0.5) is 11.4 Å². The van der Waals surface area contributed by atoms with Crippen molar-refractivity contribution in [3.8, 4) is 0 Å². The average Bonchev–Trinajstić information content (AvgIpc) is 2.67. The molecular formula is C20H16N2O3S. The second-order valence-corrected chi connectivity index (χ2v) is 6.61. The molecule has 1 N–H and O–H groups in total. The molecule has 0 aliphatic heterocycles. The van der Waals surface area contributed by atoms with Crippen molar-refractivity contribution in [2.75, 3.05) is 5.32 Å². The molecule has 0 aliphatic carbocycles. The third kappa shape index (κ3) is 4.70. The fraction of sp³-hybridized carbons (Fsp3) is 0.0500. The first-order chi connectivity index (χ1) is 12.6. The molecule has 0 saturated carbocycles. The lowest BCUT2D eigenvalue weighted by molar-refractivity contribution is -0.384. The SMILES string of the molecule is O=C(Nc1cccc(SCc2ccccc2)c1)c1cccc([N+](=O)[O-])c1. The summed E-state index contributed by atoms with van der Waals surface area (Å²) in [4.78, 5) is 23.7. The molecule has 130 valence electrons. The van der Waals surface area contributed by atoms with E-state index in [-0.39, 0.29) is 17.2 Å². The number of carbonyl (C=O) groups is 1. The van der Waals surface area contributed by atoms with Gasteiger partial charge in [0.25, 0.3) is 11.6 Å². The number of hydrogen-bond acceptors (Lipinski definition) is 4. The van der Waals surface area contributed by atoms with Gasteiger partial charge in [-0.15, -0.1) is 11.8 Å². The van der Waals surface area contributed by atoms with Crippen molar-refractivity contribution >= 4 is 29.0 Å². The monoisotopic (exact) mass is 364 g/mol. The van der Waals surface area contributed by atoms with Crippen LogP contribution in [-0.4, -0.2) is 10.8 Å². The number of thioether (sulfide) groups is 1. The van der Waals surface area contributed by atoms with Crippen molar-refractivity contribution in [2.24, 2.45) is 0 Å². The molecule has 0 aromatic heterocycles. The minimum atomic E-state index is -0.516. The summed E-state index contributed by atoms with van der Waals surface area (Å²) in [6.07, 6.45) is 0. The first-order valence-electron chi connectivity index (χ1n) is 7.94. The summed E-state index contributed by atoms with van der Waals surface area (Å²) in [5.41, 5.74) is 2.02. The summed E-state index contributed by atoms with van der Waals surface area (Å²) < 4.78 is 0. The quantitative estimate of drug-likeness (QED) is 0.373.